The zero-order valence-corrected chi connectivity index (χ0v) is 9.11. The second-order valence-corrected chi connectivity index (χ2v) is 3.74. The van der Waals surface area contributed by atoms with Gasteiger partial charge in [-0.25, -0.2) is 4.79 Å². The van der Waals surface area contributed by atoms with Gasteiger partial charge < -0.3 is 5.11 Å². The van der Waals surface area contributed by atoms with Gasteiger partial charge in [0.25, 0.3) is 0 Å². The number of hydrogen-bond acceptors (Lipinski definition) is 1. The Balaban J connectivity index is 2.68. The zero-order valence-electron chi connectivity index (χ0n) is 8.35. The monoisotopic (exact) mass is 232 g/mol. The average molecular weight is 233 g/mol. The largest absolute Gasteiger partial charge is 0.478 e. The second-order valence-electron chi connectivity index (χ2n) is 3.33. The van der Waals surface area contributed by atoms with E-state index in [1.165, 1.54) is 0 Å². The van der Waals surface area contributed by atoms with Gasteiger partial charge in [0.2, 0.25) is 0 Å². The summed E-state index contributed by atoms with van der Waals surface area (Å²) in [5.74, 6) is -0.971. The number of benzene rings is 2. The van der Waals surface area contributed by atoms with Crippen molar-refractivity contribution < 1.29 is 9.90 Å². The van der Waals surface area contributed by atoms with E-state index in [2.05, 4.69) is 0 Å². The van der Waals surface area contributed by atoms with Crippen LogP contribution in [0, 0.1) is 0 Å². The van der Waals surface area contributed by atoms with E-state index in [9.17, 15) is 4.79 Å². The molecular weight excluding hydrogens is 224 g/mol. The van der Waals surface area contributed by atoms with Gasteiger partial charge in [0.05, 0.1) is 5.56 Å². The molecule has 0 heterocycles. The molecule has 0 aliphatic carbocycles. The summed E-state index contributed by atoms with van der Waals surface area (Å²) in [6.07, 6.45) is 0. The highest BCUT2D eigenvalue weighted by atomic mass is 35.5. The molecule has 0 radical (unpaired) electrons. The van der Waals surface area contributed by atoms with Crippen LogP contribution in [0.3, 0.4) is 0 Å². The Morgan fingerprint density at radius 3 is 2.31 bits per heavy atom. The standard InChI is InChI=1S/C13H9ClO2/c14-11-8-4-7-10(13(15)16)12(11)9-5-2-1-3-6-9/h1-8H,(H,15,16). The normalized spacial score (nSPS) is 10.1. The van der Waals surface area contributed by atoms with Crippen molar-refractivity contribution in [1.82, 2.24) is 0 Å². The molecule has 2 nitrogen and oxygen atoms in total. The Hall–Kier alpha value is -1.80. The highest BCUT2D eigenvalue weighted by Crippen LogP contribution is 2.31. The molecule has 1 N–H and O–H groups in total. The summed E-state index contributed by atoms with van der Waals surface area (Å²) in [5, 5.41) is 9.54. The molecular formula is C13H9ClO2. The van der Waals surface area contributed by atoms with E-state index < -0.39 is 5.97 Å². The van der Waals surface area contributed by atoms with Crippen molar-refractivity contribution in [3.8, 4) is 11.1 Å². The van der Waals surface area contributed by atoms with Gasteiger partial charge in [-0.05, 0) is 17.7 Å². The van der Waals surface area contributed by atoms with Crippen LogP contribution >= 0.6 is 11.6 Å². The Bertz CT molecular complexity index is 521. The van der Waals surface area contributed by atoms with E-state index in [1.54, 1.807) is 18.2 Å². The highest BCUT2D eigenvalue weighted by Gasteiger charge is 2.13. The van der Waals surface area contributed by atoms with Gasteiger partial charge in [-0.2, -0.15) is 0 Å². The Labute approximate surface area is 98.1 Å². The molecule has 3 heteroatoms. The highest BCUT2D eigenvalue weighted by molar-refractivity contribution is 6.34. The van der Waals surface area contributed by atoms with Crippen molar-refractivity contribution in [3.63, 3.8) is 0 Å². The number of carboxylic acid groups (broad SMARTS) is 1. The van der Waals surface area contributed by atoms with E-state index in [4.69, 9.17) is 16.7 Å². The van der Waals surface area contributed by atoms with Crippen molar-refractivity contribution in [1.29, 1.82) is 0 Å². The molecule has 2 aromatic carbocycles. The number of rotatable bonds is 2. The number of aromatic carboxylic acids is 1. The minimum absolute atomic E-state index is 0.221. The van der Waals surface area contributed by atoms with E-state index in [1.807, 2.05) is 30.3 Å². The summed E-state index contributed by atoms with van der Waals surface area (Å²) in [6.45, 7) is 0. The molecule has 0 amide bonds. The van der Waals surface area contributed by atoms with Gasteiger partial charge in [0.15, 0.2) is 0 Å². The molecule has 0 fully saturated rings. The van der Waals surface area contributed by atoms with Crippen molar-refractivity contribution in [3.05, 3.63) is 59.1 Å². The summed E-state index contributed by atoms with van der Waals surface area (Å²) in [6, 6.07) is 14.1. The molecule has 0 saturated heterocycles. The minimum Gasteiger partial charge on any atom is -0.478 e. The van der Waals surface area contributed by atoms with Crippen LogP contribution in [0.15, 0.2) is 48.5 Å². The first-order valence-electron chi connectivity index (χ1n) is 4.77. The molecule has 80 valence electrons. The van der Waals surface area contributed by atoms with Crippen LogP contribution in [-0.4, -0.2) is 11.1 Å². The molecule has 2 rings (SSSR count). The Morgan fingerprint density at radius 1 is 1.00 bits per heavy atom. The third-order valence-electron chi connectivity index (χ3n) is 2.31. The molecule has 0 aliphatic rings. The van der Waals surface area contributed by atoms with Crippen molar-refractivity contribution >= 4 is 17.6 Å². The number of carboxylic acids is 1. The fraction of sp³-hybridized carbons (Fsp3) is 0. The van der Waals surface area contributed by atoms with Gasteiger partial charge >= 0.3 is 5.97 Å². The predicted molar refractivity (Wildman–Crippen MR) is 63.8 cm³/mol. The third kappa shape index (κ3) is 1.92. The predicted octanol–water partition coefficient (Wildman–Crippen LogP) is 3.71. The van der Waals surface area contributed by atoms with Crippen molar-refractivity contribution in [2.75, 3.05) is 0 Å². The molecule has 0 aliphatic heterocycles. The minimum atomic E-state index is -0.971. The summed E-state index contributed by atoms with van der Waals surface area (Å²) >= 11 is 6.04. The van der Waals surface area contributed by atoms with Crippen LogP contribution in [0.5, 0.6) is 0 Å². The topological polar surface area (TPSA) is 37.3 Å². The fourth-order valence-corrected chi connectivity index (χ4v) is 1.88. The van der Waals surface area contributed by atoms with Gasteiger partial charge in [-0.1, -0.05) is 48.0 Å². The van der Waals surface area contributed by atoms with Crippen molar-refractivity contribution in [2.24, 2.45) is 0 Å². The average Bonchev–Trinajstić information content (AvgIpc) is 2.29. The van der Waals surface area contributed by atoms with Crippen LogP contribution in [0.25, 0.3) is 11.1 Å². The molecule has 2 aromatic rings. The summed E-state index contributed by atoms with van der Waals surface area (Å²) in [7, 11) is 0. The molecule has 0 aromatic heterocycles. The molecule has 16 heavy (non-hydrogen) atoms. The first-order chi connectivity index (χ1) is 7.70. The van der Waals surface area contributed by atoms with Crippen LogP contribution in [0.2, 0.25) is 5.02 Å². The lowest BCUT2D eigenvalue weighted by atomic mass is 10.00. The lowest BCUT2D eigenvalue weighted by Gasteiger charge is -2.08. The van der Waals surface area contributed by atoms with E-state index in [-0.39, 0.29) is 5.56 Å². The van der Waals surface area contributed by atoms with Crippen molar-refractivity contribution in [2.45, 2.75) is 0 Å². The zero-order chi connectivity index (χ0) is 11.5. The fourth-order valence-electron chi connectivity index (χ4n) is 1.60. The Morgan fingerprint density at radius 2 is 1.69 bits per heavy atom. The van der Waals surface area contributed by atoms with Gasteiger partial charge in [0.1, 0.15) is 0 Å². The van der Waals surface area contributed by atoms with Gasteiger partial charge in [-0.15, -0.1) is 0 Å². The first-order valence-corrected chi connectivity index (χ1v) is 5.15. The third-order valence-corrected chi connectivity index (χ3v) is 2.62. The van der Waals surface area contributed by atoms with Gasteiger partial charge in [-0.3, -0.25) is 0 Å². The number of hydrogen-bond donors (Lipinski definition) is 1. The maximum Gasteiger partial charge on any atom is 0.336 e. The maximum absolute atomic E-state index is 11.1. The van der Waals surface area contributed by atoms with E-state index >= 15 is 0 Å². The lowest BCUT2D eigenvalue weighted by molar-refractivity contribution is 0.0697. The smallest absolute Gasteiger partial charge is 0.336 e. The molecule has 0 unspecified atom stereocenters. The molecule has 0 saturated carbocycles. The summed E-state index contributed by atoms with van der Waals surface area (Å²) in [4.78, 5) is 11.1. The number of carbonyl (C=O) groups is 1. The quantitative estimate of drug-likeness (QED) is 0.857. The maximum atomic E-state index is 11.1. The summed E-state index contributed by atoms with van der Waals surface area (Å²) in [5.41, 5.74) is 1.60. The van der Waals surface area contributed by atoms with Crippen LogP contribution in [0.1, 0.15) is 10.4 Å². The Kier molecular flexibility index (Phi) is 2.93. The number of halogens is 1. The lowest BCUT2D eigenvalue weighted by Crippen LogP contribution is -1.99. The van der Waals surface area contributed by atoms with Crippen LogP contribution in [0.4, 0.5) is 0 Å². The van der Waals surface area contributed by atoms with E-state index in [0.717, 1.165) is 5.56 Å². The molecule has 0 atom stereocenters. The van der Waals surface area contributed by atoms with E-state index in [0.29, 0.717) is 10.6 Å². The van der Waals surface area contributed by atoms with Gasteiger partial charge in [0, 0.05) is 10.6 Å². The van der Waals surface area contributed by atoms with Crippen LogP contribution < -0.4 is 0 Å². The first kappa shape index (κ1) is 10.7. The molecule has 0 spiro atoms. The summed E-state index contributed by atoms with van der Waals surface area (Å²) < 4.78 is 0. The SMILES string of the molecule is O=C(O)c1cccc(Cl)c1-c1ccccc1. The second kappa shape index (κ2) is 4.37. The van der Waals surface area contributed by atoms with Crippen LogP contribution in [-0.2, 0) is 0 Å². The molecule has 0 bridgehead atoms.